The molecule has 1 fully saturated rings. The molecule has 0 unspecified atom stereocenters. The smallest absolute Gasteiger partial charge is 0.410 e. The molecular formula is C31H40FN5O6S. The largest absolute Gasteiger partial charge is 0.497 e. The van der Waals surface area contributed by atoms with E-state index >= 15 is 0 Å². The molecule has 1 saturated heterocycles. The number of methoxy groups -OCH3 is 2. The fourth-order valence-corrected chi connectivity index (χ4v) is 6.46. The van der Waals surface area contributed by atoms with Crippen LogP contribution < -0.4 is 18.7 Å². The van der Waals surface area contributed by atoms with Crippen molar-refractivity contribution in [2.75, 3.05) is 43.6 Å². The molecule has 1 amide bonds. The lowest BCUT2D eigenvalue weighted by atomic mass is 10.0. The third-order valence-electron chi connectivity index (χ3n) is 7.42. The Labute approximate surface area is 258 Å². The Morgan fingerprint density at radius 2 is 1.80 bits per heavy atom. The number of likely N-dealkylation sites (tertiary alicyclic amines) is 1. The monoisotopic (exact) mass is 629 g/mol. The van der Waals surface area contributed by atoms with Gasteiger partial charge in [-0.05, 0) is 76.4 Å². The Kier molecular flexibility index (Phi) is 9.87. The number of hydrogen-bond acceptors (Lipinski definition) is 9. The molecule has 1 aliphatic rings. The molecule has 2 aromatic heterocycles. The molecule has 0 atom stereocenters. The highest BCUT2D eigenvalue weighted by Gasteiger charge is 2.32. The van der Waals surface area contributed by atoms with E-state index in [0.717, 1.165) is 28.9 Å². The fraction of sp³-hybridized carbons (Fsp3) is 0.452. The molecule has 44 heavy (non-hydrogen) atoms. The van der Waals surface area contributed by atoms with Crippen molar-refractivity contribution in [1.29, 1.82) is 0 Å². The molecule has 11 nitrogen and oxygen atoms in total. The van der Waals surface area contributed by atoms with Crippen LogP contribution in [0.4, 0.5) is 20.7 Å². The first kappa shape index (κ1) is 32.8. The minimum atomic E-state index is -4.30. The van der Waals surface area contributed by atoms with Crippen LogP contribution in [0.5, 0.6) is 11.5 Å². The van der Waals surface area contributed by atoms with Crippen molar-refractivity contribution in [3.63, 3.8) is 0 Å². The molecule has 0 saturated carbocycles. The van der Waals surface area contributed by atoms with Gasteiger partial charge in [-0.15, -0.1) is 0 Å². The molecule has 238 valence electrons. The van der Waals surface area contributed by atoms with Crippen LogP contribution in [0.3, 0.4) is 0 Å². The maximum absolute atomic E-state index is 14.2. The summed E-state index contributed by atoms with van der Waals surface area (Å²) in [6.07, 6.45) is 2.65. The standard InChI is InChI=1S/C31H40FN5O6S/c1-21-17-29(33-19-25(21)35(5)23-13-15-36(16-14-23)30(38)43-31(2,3)4)44(39,40)37(28-10-8-9-27(32)34-28)20-22-11-12-24(41-6)18-26(22)42-7/h8-12,17-19,23H,13-16,20H2,1-7H3. The van der Waals surface area contributed by atoms with Crippen LogP contribution in [-0.2, 0) is 21.3 Å². The number of ether oxygens (including phenoxy) is 3. The van der Waals surface area contributed by atoms with E-state index in [0.29, 0.717) is 35.7 Å². The number of rotatable bonds is 9. The quantitative estimate of drug-likeness (QED) is 0.296. The van der Waals surface area contributed by atoms with E-state index in [1.807, 2.05) is 34.7 Å². The molecule has 13 heteroatoms. The second-order valence-corrected chi connectivity index (χ2v) is 13.4. The number of pyridine rings is 2. The van der Waals surface area contributed by atoms with E-state index in [-0.39, 0.29) is 29.5 Å². The van der Waals surface area contributed by atoms with E-state index in [4.69, 9.17) is 14.2 Å². The van der Waals surface area contributed by atoms with Gasteiger partial charge in [0.15, 0.2) is 5.03 Å². The normalized spacial score (nSPS) is 14.2. The Balaban J connectivity index is 1.59. The Bertz CT molecular complexity index is 1590. The molecule has 0 N–H and O–H groups in total. The van der Waals surface area contributed by atoms with Crippen LogP contribution in [0.25, 0.3) is 0 Å². The van der Waals surface area contributed by atoms with Crippen molar-refractivity contribution < 1.29 is 31.8 Å². The van der Waals surface area contributed by atoms with Crippen molar-refractivity contribution in [2.24, 2.45) is 0 Å². The topological polar surface area (TPSA) is 114 Å². The molecule has 0 bridgehead atoms. The van der Waals surface area contributed by atoms with Crippen LogP contribution in [0, 0.1) is 12.9 Å². The molecule has 1 aromatic carbocycles. The Hall–Kier alpha value is -4.13. The lowest BCUT2D eigenvalue weighted by Crippen LogP contribution is -2.47. The lowest BCUT2D eigenvalue weighted by Gasteiger charge is -2.38. The second kappa shape index (κ2) is 13.2. The van der Waals surface area contributed by atoms with Gasteiger partial charge in [-0.3, -0.25) is 0 Å². The average Bonchev–Trinajstić information content (AvgIpc) is 2.98. The number of piperidine rings is 1. The molecular weight excluding hydrogens is 589 g/mol. The third kappa shape index (κ3) is 7.50. The van der Waals surface area contributed by atoms with Gasteiger partial charge in [0, 0.05) is 37.8 Å². The number of carbonyl (C=O) groups excluding carboxylic acids is 1. The Morgan fingerprint density at radius 1 is 1.09 bits per heavy atom. The fourth-order valence-electron chi connectivity index (χ4n) is 5.07. The Morgan fingerprint density at radius 3 is 2.39 bits per heavy atom. The van der Waals surface area contributed by atoms with Crippen LogP contribution in [0.1, 0.15) is 44.7 Å². The van der Waals surface area contributed by atoms with Crippen LogP contribution in [0.2, 0.25) is 0 Å². The van der Waals surface area contributed by atoms with Gasteiger partial charge < -0.3 is 24.0 Å². The summed E-state index contributed by atoms with van der Waals surface area (Å²) in [5.74, 6) is 0.0275. The first-order valence-corrected chi connectivity index (χ1v) is 15.7. The van der Waals surface area contributed by atoms with Crippen LogP contribution >= 0.6 is 0 Å². The first-order valence-electron chi connectivity index (χ1n) is 14.3. The summed E-state index contributed by atoms with van der Waals surface area (Å²) in [6, 6.07) is 10.6. The van der Waals surface area contributed by atoms with Crippen molar-refractivity contribution in [3.05, 3.63) is 65.7 Å². The van der Waals surface area contributed by atoms with E-state index < -0.39 is 21.6 Å². The van der Waals surface area contributed by atoms with Gasteiger partial charge in [0.05, 0.1) is 32.6 Å². The number of carbonyl (C=O) groups is 1. The molecule has 0 spiro atoms. The lowest BCUT2D eigenvalue weighted by molar-refractivity contribution is 0.0205. The number of benzene rings is 1. The van der Waals surface area contributed by atoms with Gasteiger partial charge >= 0.3 is 6.09 Å². The van der Waals surface area contributed by atoms with Gasteiger partial charge in [0.2, 0.25) is 5.95 Å². The van der Waals surface area contributed by atoms with Gasteiger partial charge in [-0.1, -0.05) is 6.07 Å². The highest BCUT2D eigenvalue weighted by Crippen LogP contribution is 2.32. The summed E-state index contributed by atoms with van der Waals surface area (Å²) in [5.41, 5.74) is 1.43. The van der Waals surface area contributed by atoms with Gasteiger partial charge in [0.1, 0.15) is 22.9 Å². The molecule has 3 aromatic rings. The zero-order valence-corrected chi connectivity index (χ0v) is 27.0. The van der Waals surface area contributed by atoms with Crippen LogP contribution in [-0.4, -0.2) is 75.4 Å². The summed E-state index contributed by atoms with van der Waals surface area (Å²) in [6.45, 7) is 8.25. The summed E-state index contributed by atoms with van der Waals surface area (Å²) in [4.78, 5) is 24.5. The minimum absolute atomic E-state index is 0.0970. The molecule has 1 aliphatic heterocycles. The minimum Gasteiger partial charge on any atom is -0.497 e. The molecule has 0 aliphatic carbocycles. The maximum Gasteiger partial charge on any atom is 0.410 e. The van der Waals surface area contributed by atoms with E-state index in [1.165, 1.54) is 38.6 Å². The number of anilines is 2. The first-order chi connectivity index (χ1) is 20.7. The maximum atomic E-state index is 14.2. The van der Waals surface area contributed by atoms with Gasteiger partial charge in [-0.25, -0.2) is 19.1 Å². The van der Waals surface area contributed by atoms with Crippen molar-refractivity contribution in [2.45, 2.75) is 63.8 Å². The highest BCUT2D eigenvalue weighted by molar-refractivity contribution is 7.92. The average molecular weight is 630 g/mol. The zero-order chi connectivity index (χ0) is 32.2. The predicted octanol–water partition coefficient (Wildman–Crippen LogP) is 5.17. The second-order valence-electron chi connectivity index (χ2n) is 11.6. The van der Waals surface area contributed by atoms with E-state index in [9.17, 15) is 17.6 Å². The number of hydrogen-bond donors (Lipinski definition) is 0. The van der Waals surface area contributed by atoms with Crippen LogP contribution in [0.15, 0.2) is 53.7 Å². The van der Waals surface area contributed by atoms with Crippen molar-refractivity contribution in [1.82, 2.24) is 14.9 Å². The van der Waals surface area contributed by atoms with Gasteiger partial charge in [-0.2, -0.15) is 12.8 Å². The summed E-state index contributed by atoms with van der Waals surface area (Å²) < 4.78 is 59.6. The number of aryl methyl sites for hydroxylation is 1. The number of sulfonamides is 1. The molecule has 0 radical (unpaired) electrons. The molecule has 3 heterocycles. The highest BCUT2D eigenvalue weighted by atomic mass is 32.2. The summed E-state index contributed by atoms with van der Waals surface area (Å²) >= 11 is 0. The van der Waals surface area contributed by atoms with Gasteiger partial charge in [0.25, 0.3) is 10.0 Å². The van der Waals surface area contributed by atoms with E-state index in [1.54, 1.807) is 23.1 Å². The third-order valence-corrected chi connectivity index (χ3v) is 9.07. The SMILES string of the molecule is COc1ccc(CN(c2cccc(F)n2)S(=O)(=O)c2cc(C)c(N(C)C3CCN(C(=O)OC(C)(C)C)CC3)cn2)c(OC)c1. The predicted molar refractivity (Wildman–Crippen MR) is 165 cm³/mol. The zero-order valence-electron chi connectivity index (χ0n) is 26.2. The number of halogens is 1. The summed E-state index contributed by atoms with van der Waals surface area (Å²) in [7, 11) is 0.623. The molecule has 4 rings (SSSR count). The number of aromatic nitrogens is 2. The van der Waals surface area contributed by atoms with Crippen molar-refractivity contribution >= 4 is 27.6 Å². The number of nitrogens with zero attached hydrogens (tertiary/aromatic N) is 5. The number of amides is 1. The van der Waals surface area contributed by atoms with E-state index in [2.05, 4.69) is 14.9 Å². The summed E-state index contributed by atoms with van der Waals surface area (Å²) in [5, 5.41) is -0.203. The van der Waals surface area contributed by atoms with Crippen molar-refractivity contribution in [3.8, 4) is 11.5 Å².